The molecular weight excluding hydrogens is 361 g/mol. The maximum absolute atomic E-state index is 13.5. The Balaban J connectivity index is 1.77. The molecule has 5 heteroatoms. The normalized spacial score (nSPS) is 17.9. The van der Waals surface area contributed by atoms with E-state index < -0.39 is 11.7 Å². The zero-order valence-electron chi connectivity index (χ0n) is 15.8. The standard InChI is InChI=1S/C23H23F3N2/c1-17-7-4-9-18(15-17)22-21-11-5-12-27(21)13-6-14-28(22)16-19-8-2-3-10-20(19)23(24,25)26/h2-5,7-12,15,22H,6,13-14,16H2,1H3/t22-/m0/s1. The van der Waals surface area contributed by atoms with Crippen molar-refractivity contribution in [1.82, 2.24) is 9.47 Å². The molecule has 1 aromatic heterocycles. The van der Waals surface area contributed by atoms with Crippen molar-refractivity contribution in [1.29, 1.82) is 0 Å². The van der Waals surface area contributed by atoms with Crippen LogP contribution >= 0.6 is 0 Å². The molecule has 1 aliphatic heterocycles. The molecule has 0 saturated carbocycles. The van der Waals surface area contributed by atoms with Crippen LogP contribution in [0.1, 0.15) is 40.4 Å². The third-order valence-electron chi connectivity index (χ3n) is 5.41. The number of hydrogen-bond donors (Lipinski definition) is 0. The van der Waals surface area contributed by atoms with Crippen LogP contribution in [-0.2, 0) is 19.3 Å². The van der Waals surface area contributed by atoms with Crippen LogP contribution in [0.3, 0.4) is 0 Å². The minimum absolute atomic E-state index is 0.0707. The summed E-state index contributed by atoms with van der Waals surface area (Å²) < 4.78 is 42.8. The third kappa shape index (κ3) is 3.72. The van der Waals surface area contributed by atoms with Crippen molar-refractivity contribution in [3.63, 3.8) is 0 Å². The van der Waals surface area contributed by atoms with Crippen LogP contribution in [0, 0.1) is 6.92 Å². The van der Waals surface area contributed by atoms with Crippen molar-refractivity contribution in [2.75, 3.05) is 6.54 Å². The van der Waals surface area contributed by atoms with Gasteiger partial charge in [0.1, 0.15) is 0 Å². The van der Waals surface area contributed by atoms with Gasteiger partial charge in [-0.2, -0.15) is 13.2 Å². The highest BCUT2D eigenvalue weighted by Gasteiger charge is 2.35. The predicted molar refractivity (Wildman–Crippen MR) is 104 cm³/mol. The molecule has 2 nitrogen and oxygen atoms in total. The van der Waals surface area contributed by atoms with E-state index in [0.717, 1.165) is 36.3 Å². The van der Waals surface area contributed by atoms with Gasteiger partial charge in [-0.1, -0.05) is 48.0 Å². The fourth-order valence-electron chi connectivity index (χ4n) is 4.19. The van der Waals surface area contributed by atoms with Crippen molar-refractivity contribution in [3.05, 3.63) is 94.8 Å². The summed E-state index contributed by atoms with van der Waals surface area (Å²) in [4.78, 5) is 2.18. The SMILES string of the molecule is Cc1cccc([C@H]2c3cccn3CCCN2Cc2ccccc2C(F)(F)F)c1. The first-order valence-corrected chi connectivity index (χ1v) is 9.54. The molecule has 28 heavy (non-hydrogen) atoms. The molecule has 4 rings (SSSR count). The summed E-state index contributed by atoms with van der Waals surface area (Å²) in [5, 5.41) is 0. The maximum atomic E-state index is 13.5. The predicted octanol–water partition coefficient (Wildman–Crippen LogP) is 5.81. The summed E-state index contributed by atoms with van der Waals surface area (Å²) in [6, 6.07) is 18.2. The maximum Gasteiger partial charge on any atom is 0.416 e. The van der Waals surface area contributed by atoms with E-state index in [9.17, 15) is 13.2 Å². The smallest absolute Gasteiger partial charge is 0.350 e. The van der Waals surface area contributed by atoms with Gasteiger partial charge in [-0.05, 0) is 42.7 Å². The average Bonchev–Trinajstić information content (AvgIpc) is 3.03. The van der Waals surface area contributed by atoms with E-state index in [1.165, 1.54) is 12.1 Å². The summed E-state index contributed by atoms with van der Waals surface area (Å²) in [6.45, 7) is 3.93. The number of nitrogens with zero attached hydrogens (tertiary/aromatic N) is 2. The Hall–Kier alpha value is -2.53. The lowest BCUT2D eigenvalue weighted by molar-refractivity contribution is -0.138. The lowest BCUT2D eigenvalue weighted by Crippen LogP contribution is -2.30. The Bertz CT molecular complexity index is 958. The second-order valence-corrected chi connectivity index (χ2v) is 7.42. The number of halogens is 3. The Morgan fingerprint density at radius 1 is 0.964 bits per heavy atom. The molecular formula is C23H23F3N2. The van der Waals surface area contributed by atoms with Gasteiger partial charge in [0.2, 0.25) is 0 Å². The summed E-state index contributed by atoms with van der Waals surface area (Å²) in [5.41, 5.74) is 3.18. The van der Waals surface area contributed by atoms with E-state index in [2.05, 4.69) is 33.9 Å². The Morgan fingerprint density at radius 2 is 1.79 bits per heavy atom. The average molecular weight is 384 g/mol. The van der Waals surface area contributed by atoms with Crippen LogP contribution in [0.15, 0.2) is 66.9 Å². The Labute approximate surface area is 163 Å². The number of fused-ring (bicyclic) bond motifs is 1. The highest BCUT2D eigenvalue weighted by molar-refractivity contribution is 5.34. The molecule has 0 spiro atoms. The second kappa shape index (κ2) is 7.47. The number of aryl methyl sites for hydroxylation is 2. The van der Waals surface area contributed by atoms with E-state index >= 15 is 0 Å². The number of aromatic nitrogens is 1. The fourth-order valence-corrected chi connectivity index (χ4v) is 4.19. The highest BCUT2D eigenvalue weighted by Crippen LogP contribution is 2.36. The third-order valence-corrected chi connectivity index (χ3v) is 5.41. The van der Waals surface area contributed by atoms with Gasteiger partial charge in [0.15, 0.2) is 0 Å². The molecule has 2 heterocycles. The van der Waals surface area contributed by atoms with E-state index in [0.29, 0.717) is 5.56 Å². The molecule has 3 aromatic rings. The van der Waals surface area contributed by atoms with E-state index in [-0.39, 0.29) is 12.6 Å². The number of benzene rings is 2. The molecule has 0 unspecified atom stereocenters. The van der Waals surface area contributed by atoms with Crippen molar-refractivity contribution in [2.24, 2.45) is 0 Å². The van der Waals surface area contributed by atoms with Crippen molar-refractivity contribution >= 4 is 0 Å². The lowest BCUT2D eigenvalue weighted by atomic mass is 9.98. The minimum atomic E-state index is -4.35. The molecule has 0 saturated heterocycles. The lowest BCUT2D eigenvalue weighted by Gasteiger charge is -2.31. The first-order valence-electron chi connectivity index (χ1n) is 9.54. The molecule has 1 aliphatic rings. The van der Waals surface area contributed by atoms with Crippen molar-refractivity contribution in [2.45, 2.75) is 38.7 Å². The molecule has 0 amide bonds. The first kappa shape index (κ1) is 18.8. The number of hydrogen-bond acceptors (Lipinski definition) is 1. The minimum Gasteiger partial charge on any atom is -0.350 e. The van der Waals surface area contributed by atoms with Gasteiger partial charge in [0.25, 0.3) is 0 Å². The monoisotopic (exact) mass is 384 g/mol. The zero-order valence-corrected chi connectivity index (χ0v) is 15.8. The van der Waals surface area contributed by atoms with Gasteiger partial charge in [0.05, 0.1) is 11.6 Å². The molecule has 1 atom stereocenters. The van der Waals surface area contributed by atoms with E-state index in [1.807, 2.05) is 25.1 Å². The van der Waals surface area contributed by atoms with Gasteiger partial charge in [-0.3, -0.25) is 4.90 Å². The van der Waals surface area contributed by atoms with Gasteiger partial charge < -0.3 is 4.57 Å². The van der Waals surface area contributed by atoms with E-state index in [4.69, 9.17) is 0 Å². The topological polar surface area (TPSA) is 8.17 Å². The van der Waals surface area contributed by atoms with Crippen molar-refractivity contribution < 1.29 is 13.2 Å². The van der Waals surface area contributed by atoms with Crippen LogP contribution in [0.5, 0.6) is 0 Å². The molecule has 0 radical (unpaired) electrons. The van der Waals surface area contributed by atoms with E-state index in [1.54, 1.807) is 12.1 Å². The van der Waals surface area contributed by atoms with Crippen LogP contribution in [0.2, 0.25) is 0 Å². The first-order chi connectivity index (χ1) is 13.4. The fraction of sp³-hybridized carbons (Fsp3) is 0.304. The quantitative estimate of drug-likeness (QED) is 0.553. The molecule has 2 aromatic carbocycles. The zero-order chi connectivity index (χ0) is 19.7. The Morgan fingerprint density at radius 3 is 2.57 bits per heavy atom. The molecule has 0 bridgehead atoms. The number of alkyl halides is 3. The molecule has 146 valence electrons. The van der Waals surface area contributed by atoms with Gasteiger partial charge >= 0.3 is 6.18 Å². The summed E-state index contributed by atoms with van der Waals surface area (Å²) in [7, 11) is 0. The second-order valence-electron chi connectivity index (χ2n) is 7.42. The molecule has 0 fully saturated rings. The Kier molecular flexibility index (Phi) is 5.02. The van der Waals surface area contributed by atoms with Crippen LogP contribution < -0.4 is 0 Å². The van der Waals surface area contributed by atoms with Crippen molar-refractivity contribution in [3.8, 4) is 0 Å². The largest absolute Gasteiger partial charge is 0.416 e. The summed E-state index contributed by atoms with van der Waals surface area (Å²) >= 11 is 0. The van der Waals surface area contributed by atoms with Gasteiger partial charge in [0, 0.05) is 31.5 Å². The molecule has 0 aliphatic carbocycles. The molecule has 0 N–H and O–H groups in total. The van der Waals surface area contributed by atoms with Crippen LogP contribution in [0.4, 0.5) is 13.2 Å². The van der Waals surface area contributed by atoms with Gasteiger partial charge in [-0.15, -0.1) is 0 Å². The van der Waals surface area contributed by atoms with Gasteiger partial charge in [-0.25, -0.2) is 0 Å². The number of rotatable bonds is 3. The summed E-state index contributed by atoms with van der Waals surface area (Å²) in [6.07, 6.45) is -1.38. The highest BCUT2D eigenvalue weighted by atomic mass is 19.4. The van der Waals surface area contributed by atoms with Crippen LogP contribution in [0.25, 0.3) is 0 Å². The summed E-state index contributed by atoms with van der Waals surface area (Å²) in [5.74, 6) is 0. The van der Waals surface area contributed by atoms with Crippen LogP contribution in [-0.4, -0.2) is 16.0 Å².